The van der Waals surface area contributed by atoms with Gasteiger partial charge >= 0.3 is 0 Å². The molecule has 0 aliphatic rings. The van der Waals surface area contributed by atoms with E-state index in [1.165, 1.54) is 73.4 Å². The first kappa shape index (κ1) is 31.4. The molecule has 0 aromatic heterocycles. The minimum absolute atomic E-state index is 0. The van der Waals surface area contributed by atoms with Crippen LogP contribution in [0.5, 0.6) is 0 Å². The molecule has 0 aliphatic heterocycles. The quantitative estimate of drug-likeness (QED) is 0.122. The molecule has 8 aromatic rings. The van der Waals surface area contributed by atoms with E-state index in [9.17, 15) is 0 Å². The zero-order valence-corrected chi connectivity index (χ0v) is 26.5. The lowest BCUT2D eigenvalue weighted by molar-refractivity contribution is 1.66. The molecule has 0 fully saturated rings. The van der Waals surface area contributed by atoms with Crippen LogP contribution in [0.1, 0.15) is 14.9 Å². The van der Waals surface area contributed by atoms with Crippen LogP contribution >= 0.6 is 38.5 Å². The summed E-state index contributed by atoms with van der Waals surface area (Å²) in [7, 11) is 0. The molecular formula is C42H34BrI. The molecular weight excluding hydrogens is 711 g/mol. The van der Waals surface area contributed by atoms with Gasteiger partial charge in [-0.15, -0.1) is 0 Å². The molecule has 44 heavy (non-hydrogen) atoms. The van der Waals surface area contributed by atoms with Crippen molar-refractivity contribution >= 4 is 81.6 Å². The molecule has 0 unspecified atom stereocenters. The number of hydrogen-bond donors (Lipinski definition) is 0. The summed E-state index contributed by atoms with van der Waals surface area (Å²) in [4.78, 5) is 0. The van der Waals surface area contributed by atoms with E-state index < -0.39 is 0 Å². The highest BCUT2D eigenvalue weighted by atomic mass is 127. The summed E-state index contributed by atoms with van der Waals surface area (Å²) in [5, 5.41) is 10.4. The van der Waals surface area contributed by atoms with Crippen LogP contribution in [0.3, 0.4) is 0 Å². The van der Waals surface area contributed by atoms with Crippen molar-refractivity contribution in [3.05, 3.63) is 166 Å². The third-order valence-corrected chi connectivity index (χ3v) is 9.87. The smallest absolute Gasteiger partial charge is 0.0332 e. The van der Waals surface area contributed by atoms with Crippen LogP contribution in [0.2, 0.25) is 0 Å². The van der Waals surface area contributed by atoms with Crippen molar-refractivity contribution in [3.8, 4) is 22.3 Å². The van der Waals surface area contributed by atoms with Crippen LogP contribution in [-0.2, 0) is 0 Å². The Morgan fingerprint density at radius 2 is 0.568 bits per heavy atom. The maximum absolute atomic E-state index is 3.79. The molecule has 0 N–H and O–H groups in total. The maximum Gasteiger partial charge on any atom is 0.0332 e. The van der Waals surface area contributed by atoms with Crippen LogP contribution in [0.4, 0.5) is 0 Å². The van der Waals surface area contributed by atoms with Gasteiger partial charge in [-0.25, -0.2) is 0 Å². The van der Waals surface area contributed by atoms with Gasteiger partial charge in [0.15, 0.2) is 0 Å². The van der Waals surface area contributed by atoms with Gasteiger partial charge in [0.05, 0.1) is 0 Å². The predicted octanol–water partition coefficient (Wildman–Crippen LogP) is 14.0. The van der Waals surface area contributed by atoms with E-state index in [1.807, 2.05) is 0 Å². The van der Waals surface area contributed by atoms with Crippen molar-refractivity contribution in [1.82, 2.24) is 0 Å². The Bertz CT molecular complexity index is 1930. The second-order valence-electron chi connectivity index (χ2n) is 10.3. The SMILES string of the molecule is Brc1c2ccccc2c(-c2ccccc2)c2ccccc12.C.C.Ic1c2ccccc2c(-c2ccccc2)c2ccccc12. The molecule has 0 amide bonds. The molecule has 0 radical (unpaired) electrons. The van der Waals surface area contributed by atoms with Gasteiger partial charge in [0.25, 0.3) is 0 Å². The van der Waals surface area contributed by atoms with Gasteiger partial charge in [-0.2, -0.15) is 0 Å². The van der Waals surface area contributed by atoms with E-state index in [2.05, 4.69) is 196 Å². The van der Waals surface area contributed by atoms with Gasteiger partial charge in [-0.3, -0.25) is 0 Å². The van der Waals surface area contributed by atoms with Gasteiger partial charge in [0, 0.05) is 8.04 Å². The zero-order valence-electron chi connectivity index (χ0n) is 22.8. The fourth-order valence-corrected chi connectivity index (χ4v) is 7.61. The Kier molecular flexibility index (Phi) is 9.83. The Hall–Kier alpha value is -3.99. The zero-order chi connectivity index (χ0) is 28.5. The summed E-state index contributed by atoms with van der Waals surface area (Å²) in [6.45, 7) is 0. The van der Waals surface area contributed by atoms with Crippen molar-refractivity contribution in [2.45, 2.75) is 14.9 Å². The summed E-state index contributed by atoms with van der Waals surface area (Å²) >= 11 is 6.26. The first-order chi connectivity index (χ1) is 20.7. The van der Waals surface area contributed by atoms with E-state index in [1.54, 1.807) is 0 Å². The molecule has 8 aromatic carbocycles. The second-order valence-corrected chi connectivity index (χ2v) is 12.2. The Morgan fingerprint density at radius 1 is 0.318 bits per heavy atom. The number of halogens is 2. The first-order valence-corrected chi connectivity index (χ1v) is 15.9. The molecule has 216 valence electrons. The van der Waals surface area contributed by atoms with E-state index in [4.69, 9.17) is 0 Å². The summed E-state index contributed by atoms with van der Waals surface area (Å²) in [6.07, 6.45) is 0. The third-order valence-electron chi connectivity index (χ3n) is 7.86. The molecule has 0 aliphatic carbocycles. The van der Waals surface area contributed by atoms with E-state index >= 15 is 0 Å². The molecule has 2 heteroatoms. The normalized spacial score (nSPS) is 10.6. The van der Waals surface area contributed by atoms with Crippen molar-refractivity contribution in [1.29, 1.82) is 0 Å². The molecule has 0 bridgehead atoms. The summed E-state index contributed by atoms with van der Waals surface area (Å²) in [5.41, 5.74) is 5.19. The van der Waals surface area contributed by atoms with Gasteiger partial charge < -0.3 is 0 Å². The number of rotatable bonds is 2. The lowest BCUT2D eigenvalue weighted by atomic mass is 9.92. The topological polar surface area (TPSA) is 0 Å². The standard InChI is InChI=1S/C20H13Br.C20H13I.2CH4/c2*21-20-17-12-6-4-10-15(17)19(14-8-2-1-3-9-14)16-11-5-7-13-18(16)20;;/h2*1-13H;2*1H4. The second kappa shape index (κ2) is 13.8. The average molecular weight is 746 g/mol. The molecule has 0 spiro atoms. The average Bonchev–Trinajstić information content (AvgIpc) is 3.06. The maximum atomic E-state index is 3.79. The van der Waals surface area contributed by atoms with E-state index in [0.29, 0.717) is 0 Å². The fourth-order valence-electron chi connectivity index (χ4n) is 5.98. The summed E-state index contributed by atoms with van der Waals surface area (Å²) in [6, 6.07) is 55.8. The van der Waals surface area contributed by atoms with Crippen molar-refractivity contribution in [2.24, 2.45) is 0 Å². The molecule has 0 saturated carbocycles. The van der Waals surface area contributed by atoms with Gasteiger partial charge in [0.1, 0.15) is 0 Å². The molecule has 0 atom stereocenters. The fraction of sp³-hybridized carbons (Fsp3) is 0.0476. The van der Waals surface area contributed by atoms with Crippen LogP contribution in [-0.4, -0.2) is 0 Å². The number of fused-ring (bicyclic) bond motifs is 4. The van der Waals surface area contributed by atoms with Gasteiger partial charge in [-0.1, -0.05) is 173 Å². The molecule has 8 rings (SSSR count). The van der Waals surface area contributed by atoms with E-state index in [-0.39, 0.29) is 14.9 Å². The van der Waals surface area contributed by atoms with Gasteiger partial charge in [0.2, 0.25) is 0 Å². The highest BCUT2D eigenvalue weighted by molar-refractivity contribution is 14.1. The van der Waals surface area contributed by atoms with Crippen molar-refractivity contribution in [2.75, 3.05) is 0 Å². The number of hydrogen-bond acceptors (Lipinski definition) is 0. The Morgan fingerprint density at radius 3 is 0.909 bits per heavy atom. The highest BCUT2D eigenvalue weighted by Crippen LogP contribution is 2.42. The third kappa shape index (κ3) is 5.65. The molecule has 0 nitrogen and oxygen atoms in total. The van der Waals surface area contributed by atoms with Crippen LogP contribution < -0.4 is 0 Å². The summed E-state index contributed by atoms with van der Waals surface area (Å²) in [5.74, 6) is 0. The molecule has 0 saturated heterocycles. The Balaban J connectivity index is 0.000000167. The largest absolute Gasteiger partial charge is 0.0776 e. The van der Waals surface area contributed by atoms with Crippen LogP contribution in [0.25, 0.3) is 65.3 Å². The van der Waals surface area contributed by atoms with Crippen LogP contribution in [0, 0.1) is 3.57 Å². The highest BCUT2D eigenvalue weighted by Gasteiger charge is 2.14. The monoisotopic (exact) mass is 744 g/mol. The van der Waals surface area contributed by atoms with Crippen molar-refractivity contribution < 1.29 is 0 Å². The lowest BCUT2D eigenvalue weighted by Crippen LogP contribution is -1.88. The number of benzene rings is 8. The van der Waals surface area contributed by atoms with Crippen LogP contribution in [0.15, 0.2) is 162 Å². The summed E-state index contributed by atoms with van der Waals surface area (Å²) < 4.78 is 2.51. The Labute approximate surface area is 282 Å². The minimum atomic E-state index is 0. The minimum Gasteiger partial charge on any atom is -0.0776 e. The molecule has 0 heterocycles. The van der Waals surface area contributed by atoms with Crippen molar-refractivity contribution in [3.63, 3.8) is 0 Å². The first-order valence-electron chi connectivity index (χ1n) is 14.0. The lowest BCUT2D eigenvalue weighted by Gasteiger charge is -2.14. The van der Waals surface area contributed by atoms with Gasteiger partial charge in [-0.05, 0) is 104 Å². The van der Waals surface area contributed by atoms with E-state index in [0.717, 1.165) is 0 Å². The predicted molar refractivity (Wildman–Crippen MR) is 208 cm³/mol.